The van der Waals surface area contributed by atoms with E-state index in [-0.39, 0.29) is 10.8 Å². The third-order valence-electron chi connectivity index (χ3n) is 12.1. The molecule has 0 saturated carbocycles. The number of carbonyl (C=O) groups excluding carboxylic acids is 4. The fraction of sp³-hybridized carbons (Fsp3) is 0.481. The predicted octanol–water partition coefficient (Wildman–Crippen LogP) is 10.0. The fourth-order valence-electron chi connectivity index (χ4n) is 7.42. The minimum Gasteiger partial charge on any atom is -0.444 e. The van der Waals surface area contributed by atoms with Crippen LogP contribution in [0, 0.1) is 24.7 Å². The second-order valence-corrected chi connectivity index (χ2v) is 22.3. The van der Waals surface area contributed by atoms with Crippen LogP contribution in [-0.4, -0.2) is 99.8 Å². The standard InChI is InChI=1S/2C27H37N5O4S/c2*1-6-7-8-20(23(33)24(34)31-25-28-13-14-37-25)30-26(35)36-22(27(3,4)5)16-32-15-21(29-17-32)19-11-9-18(2)10-12-19/h2*9-15,17,20,22-23,33H,6-8,16H2,1-5H3,(H,30,35)(H,28,31,34)/t20-,22+,23+;20-,22+,23-/m00/s1. The van der Waals surface area contributed by atoms with Crippen LogP contribution in [0.15, 0.2) is 96.7 Å². The van der Waals surface area contributed by atoms with Crippen molar-refractivity contribution in [3.63, 3.8) is 0 Å². The van der Waals surface area contributed by atoms with Crippen LogP contribution < -0.4 is 21.3 Å². The van der Waals surface area contributed by atoms with Gasteiger partial charge in [-0.05, 0) is 26.7 Å². The molecular weight excluding hydrogens is 981 g/mol. The molecule has 6 atom stereocenters. The number of amides is 4. The maximum absolute atomic E-state index is 13.0. The van der Waals surface area contributed by atoms with Crippen LogP contribution in [0.3, 0.4) is 0 Å². The molecule has 0 spiro atoms. The number of carbonyl (C=O) groups is 4. The summed E-state index contributed by atoms with van der Waals surface area (Å²) in [5.74, 6) is -1.24. The number of anilines is 2. The first kappa shape index (κ1) is 58.4. The first-order valence-corrected chi connectivity index (χ1v) is 26.8. The van der Waals surface area contributed by atoms with Gasteiger partial charge in [-0.2, -0.15) is 0 Å². The molecule has 18 nitrogen and oxygen atoms in total. The number of unbranched alkanes of at least 4 members (excludes halogenated alkanes) is 2. The van der Waals surface area contributed by atoms with Crippen molar-refractivity contribution in [1.82, 2.24) is 39.7 Å². The van der Waals surface area contributed by atoms with Crippen molar-refractivity contribution in [2.45, 2.75) is 157 Å². The molecule has 4 heterocycles. The Kier molecular flexibility index (Phi) is 21.9. The lowest BCUT2D eigenvalue weighted by Gasteiger charge is -2.31. The Bertz CT molecular complexity index is 2460. The monoisotopic (exact) mass is 1050 g/mol. The summed E-state index contributed by atoms with van der Waals surface area (Å²) >= 11 is 2.50. The smallest absolute Gasteiger partial charge is 0.407 e. The molecule has 0 bridgehead atoms. The molecule has 6 aromatic rings. The number of aryl methyl sites for hydroxylation is 2. The Morgan fingerprint density at radius 3 is 1.27 bits per heavy atom. The van der Waals surface area contributed by atoms with E-state index >= 15 is 0 Å². The number of imidazole rings is 2. The molecule has 0 aliphatic carbocycles. The molecule has 0 unspecified atom stereocenters. The molecule has 0 saturated heterocycles. The maximum atomic E-state index is 13.0. The number of aliphatic hydroxyl groups is 2. The van der Waals surface area contributed by atoms with Gasteiger partial charge in [-0.1, -0.05) is 141 Å². The van der Waals surface area contributed by atoms with Crippen LogP contribution in [0.2, 0.25) is 0 Å². The number of alkyl carbamates (subject to hydrolysis) is 2. The minimum absolute atomic E-state index is 0.370. The van der Waals surface area contributed by atoms with Gasteiger partial charge >= 0.3 is 12.2 Å². The Hall–Kier alpha value is -6.48. The zero-order valence-electron chi connectivity index (χ0n) is 44.2. The molecule has 400 valence electrons. The number of benzene rings is 2. The lowest BCUT2D eigenvalue weighted by Crippen LogP contribution is -2.50. The molecule has 74 heavy (non-hydrogen) atoms. The number of rotatable bonds is 22. The largest absolute Gasteiger partial charge is 0.444 e. The molecule has 0 radical (unpaired) electrons. The number of aliphatic hydroxyl groups excluding tert-OH is 2. The van der Waals surface area contributed by atoms with Crippen molar-refractivity contribution in [2.24, 2.45) is 10.8 Å². The van der Waals surface area contributed by atoms with Gasteiger partial charge in [0, 0.05) is 57.5 Å². The molecule has 4 aromatic heterocycles. The van der Waals surface area contributed by atoms with Gasteiger partial charge in [0.25, 0.3) is 11.8 Å². The lowest BCUT2D eigenvalue weighted by atomic mass is 9.89. The molecule has 6 N–H and O–H groups in total. The predicted molar refractivity (Wildman–Crippen MR) is 291 cm³/mol. The highest BCUT2D eigenvalue weighted by molar-refractivity contribution is 7.14. The Morgan fingerprint density at radius 1 is 0.595 bits per heavy atom. The van der Waals surface area contributed by atoms with Crippen molar-refractivity contribution < 1.29 is 38.9 Å². The Labute approximate surface area is 442 Å². The quantitative estimate of drug-likeness (QED) is 0.0373. The number of ether oxygens (including phenoxy) is 2. The minimum atomic E-state index is -1.44. The fourth-order valence-corrected chi connectivity index (χ4v) is 8.48. The van der Waals surface area contributed by atoms with Gasteiger partial charge in [-0.15, -0.1) is 22.7 Å². The van der Waals surface area contributed by atoms with Gasteiger partial charge in [0.05, 0.1) is 49.2 Å². The number of nitrogens with one attached hydrogen (secondary N) is 4. The van der Waals surface area contributed by atoms with Gasteiger partial charge in [0.15, 0.2) is 22.5 Å². The highest BCUT2D eigenvalue weighted by Gasteiger charge is 2.34. The third-order valence-corrected chi connectivity index (χ3v) is 13.5. The topological polar surface area (TPSA) is 237 Å². The molecule has 0 aliphatic heterocycles. The summed E-state index contributed by atoms with van der Waals surface area (Å²) in [5, 5.41) is 36.2. The summed E-state index contributed by atoms with van der Waals surface area (Å²) in [6.45, 7) is 20.9. The van der Waals surface area contributed by atoms with E-state index in [0.717, 1.165) is 48.2 Å². The lowest BCUT2D eigenvalue weighted by molar-refractivity contribution is -0.126. The number of aromatic nitrogens is 6. The van der Waals surface area contributed by atoms with Gasteiger partial charge in [0.1, 0.15) is 12.2 Å². The van der Waals surface area contributed by atoms with Crippen LogP contribution in [-0.2, 0) is 32.2 Å². The molecule has 4 amide bonds. The van der Waals surface area contributed by atoms with Crippen molar-refractivity contribution in [3.8, 4) is 22.5 Å². The number of hydrogen-bond donors (Lipinski definition) is 6. The average Bonchev–Trinajstić information content (AvgIpc) is 4.22. The average molecular weight is 1060 g/mol. The zero-order valence-corrected chi connectivity index (χ0v) is 45.8. The van der Waals surface area contributed by atoms with Gasteiger partial charge in [0.2, 0.25) is 0 Å². The Balaban J connectivity index is 0.000000274. The van der Waals surface area contributed by atoms with Crippen LogP contribution in [0.4, 0.5) is 19.9 Å². The summed E-state index contributed by atoms with van der Waals surface area (Å²) in [7, 11) is 0. The molecule has 0 aliphatic rings. The summed E-state index contributed by atoms with van der Waals surface area (Å²) in [5.41, 5.74) is 5.32. The van der Waals surface area contributed by atoms with Crippen molar-refractivity contribution in [2.75, 3.05) is 10.6 Å². The molecular formula is C54H74N10O8S2. The van der Waals surface area contributed by atoms with Gasteiger partial charge in [-0.3, -0.25) is 20.2 Å². The van der Waals surface area contributed by atoms with Crippen molar-refractivity contribution in [1.29, 1.82) is 0 Å². The summed E-state index contributed by atoms with van der Waals surface area (Å²) in [6, 6.07) is 14.7. The van der Waals surface area contributed by atoms with E-state index in [2.05, 4.69) is 41.2 Å². The zero-order chi connectivity index (χ0) is 54.0. The summed E-state index contributed by atoms with van der Waals surface area (Å²) in [4.78, 5) is 68.1. The highest BCUT2D eigenvalue weighted by Crippen LogP contribution is 2.28. The van der Waals surface area contributed by atoms with E-state index in [4.69, 9.17) is 9.47 Å². The van der Waals surface area contributed by atoms with Gasteiger partial charge in [-0.25, -0.2) is 29.5 Å². The molecule has 2 aromatic carbocycles. The molecule has 0 fully saturated rings. The highest BCUT2D eigenvalue weighted by atomic mass is 32.1. The first-order chi connectivity index (χ1) is 35.1. The summed E-state index contributed by atoms with van der Waals surface area (Å²) in [6.07, 6.45) is 9.25. The van der Waals surface area contributed by atoms with E-state index < -0.39 is 60.5 Å². The van der Waals surface area contributed by atoms with E-state index in [1.54, 1.807) is 35.8 Å². The first-order valence-electron chi connectivity index (χ1n) is 25.0. The van der Waals surface area contributed by atoms with Crippen LogP contribution in [0.25, 0.3) is 22.5 Å². The van der Waals surface area contributed by atoms with Crippen molar-refractivity contribution in [3.05, 3.63) is 108 Å². The number of hydrogen-bond acceptors (Lipinski definition) is 14. The molecule has 20 heteroatoms. The summed E-state index contributed by atoms with van der Waals surface area (Å²) < 4.78 is 15.5. The molecule has 6 rings (SSSR count). The van der Waals surface area contributed by atoms with E-state index in [9.17, 15) is 29.4 Å². The Morgan fingerprint density at radius 2 is 0.959 bits per heavy atom. The van der Waals surface area contributed by atoms with E-state index in [1.807, 2.05) is 139 Å². The third kappa shape index (κ3) is 18.5. The SMILES string of the molecule is CCCC[C@H](NC(=O)O[C@H](Cn1cnc(-c2ccc(C)cc2)c1)C(C)(C)C)[C@@H](O)C(=O)Nc1nccs1.CCCC[C@H](NC(=O)O[C@H](Cn1cnc(-c2ccc(C)cc2)c1)C(C)(C)C)[C@H](O)C(=O)Nc1nccs1. The van der Waals surface area contributed by atoms with Gasteiger partial charge < -0.3 is 39.5 Å². The number of nitrogens with zero attached hydrogens (tertiary/aromatic N) is 6. The number of thiazole rings is 2. The second kappa shape index (κ2) is 27.7. The van der Waals surface area contributed by atoms with Crippen molar-refractivity contribution >= 4 is 56.9 Å². The maximum Gasteiger partial charge on any atom is 0.407 e. The van der Waals surface area contributed by atoms with Crippen LogP contribution in [0.5, 0.6) is 0 Å². The van der Waals surface area contributed by atoms with E-state index in [0.29, 0.717) is 36.2 Å². The normalized spacial score (nSPS) is 14.0. The van der Waals surface area contributed by atoms with Crippen LogP contribution >= 0.6 is 22.7 Å². The van der Waals surface area contributed by atoms with Crippen LogP contribution in [0.1, 0.15) is 105 Å². The second-order valence-electron chi connectivity index (χ2n) is 20.5. The van der Waals surface area contributed by atoms with E-state index in [1.165, 1.54) is 33.8 Å².